The maximum Gasteiger partial charge on any atom is 0.251 e. The highest BCUT2D eigenvalue weighted by Gasteiger charge is 2.46. The summed E-state index contributed by atoms with van der Waals surface area (Å²) in [6, 6.07) is 12.6. The van der Waals surface area contributed by atoms with Crippen LogP contribution in [0.5, 0.6) is 5.75 Å². The van der Waals surface area contributed by atoms with Crippen molar-refractivity contribution in [3.05, 3.63) is 53.6 Å². The van der Waals surface area contributed by atoms with E-state index < -0.39 is 36.8 Å². The zero-order chi connectivity index (χ0) is 22.0. The van der Waals surface area contributed by atoms with Crippen LogP contribution in [-0.2, 0) is 4.74 Å². The first-order valence-electron chi connectivity index (χ1n) is 9.70. The highest BCUT2D eigenvalue weighted by Crippen LogP contribution is 2.30. The Hall–Kier alpha value is -2.49. The van der Waals surface area contributed by atoms with Crippen LogP contribution in [0.4, 0.5) is 0 Å². The number of aryl methyl sites for hydroxylation is 1. The van der Waals surface area contributed by atoms with Crippen LogP contribution >= 0.6 is 0 Å². The molecule has 0 aliphatic carbocycles. The second kappa shape index (κ2) is 9.11. The summed E-state index contributed by atoms with van der Waals surface area (Å²) in [4.78, 5) is 11.9. The van der Waals surface area contributed by atoms with E-state index in [1.165, 1.54) is 6.92 Å². The molecule has 6 atom stereocenters. The molecule has 0 bridgehead atoms. The minimum Gasteiger partial charge on any atom is -0.462 e. The fraction of sp³-hybridized carbons (Fsp3) is 0.409. The molecule has 5 N–H and O–H groups in total. The lowest BCUT2D eigenvalue weighted by atomic mass is 9.96. The van der Waals surface area contributed by atoms with E-state index >= 15 is 0 Å². The Bertz CT molecular complexity index is 901. The molecule has 0 spiro atoms. The van der Waals surface area contributed by atoms with Crippen molar-refractivity contribution < 1.29 is 34.7 Å². The summed E-state index contributed by atoms with van der Waals surface area (Å²) in [5, 5.41) is 42.6. The van der Waals surface area contributed by atoms with E-state index in [-0.39, 0.29) is 5.91 Å². The van der Waals surface area contributed by atoms with Gasteiger partial charge in [-0.3, -0.25) is 4.79 Å². The molecular formula is C22H27NO7. The van der Waals surface area contributed by atoms with E-state index in [1.807, 2.05) is 19.1 Å². The minimum absolute atomic E-state index is 0.176. The first-order valence-corrected chi connectivity index (χ1v) is 9.70. The first-order chi connectivity index (χ1) is 14.2. The Morgan fingerprint density at radius 2 is 1.77 bits per heavy atom. The molecule has 0 saturated carbocycles. The fourth-order valence-electron chi connectivity index (χ4n) is 3.44. The number of carbonyl (C=O) groups is 1. The maximum absolute atomic E-state index is 11.9. The van der Waals surface area contributed by atoms with Gasteiger partial charge in [-0.05, 0) is 54.8 Å². The molecule has 8 heteroatoms. The van der Waals surface area contributed by atoms with Gasteiger partial charge in [-0.2, -0.15) is 0 Å². The third-order valence-corrected chi connectivity index (χ3v) is 5.19. The average molecular weight is 417 g/mol. The number of hydrogen-bond acceptors (Lipinski definition) is 7. The predicted molar refractivity (Wildman–Crippen MR) is 109 cm³/mol. The maximum atomic E-state index is 11.9. The number of aliphatic hydroxyl groups excluding tert-OH is 4. The van der Waals surface area contributed by atoms with Crippen LogP contribution in [0.2, 0.25) is 0 Å². The minimum atomic E-state index is -1.52. The van der Waals surface area contributed by atoms with Crippen molar-refractivity contribution in [2.45, 2.75) is 50.7 Å². The van der Waals surface area contributed by atoms with Gasteiger partial charge < -0.3 is 35.2 Å². The predicted octanol–water partition coefficient (Wildman–Crippen LogP) is 0.589. The van der Waals surface area contributed by atoms with Crippen molar-refractivity contribution in [3.63, 3.8) is 0 Å². The lowest BCUT2D eigenvalue weighted by molar-refractivity contribution is -0.286. The van der Waals surface area contributed by atoms with Gasteiger partial charge in [0.15, 0.2) is 0 Å². The number of rotatable bonds is 5. The summed E-state index contributed by atoms with van der Waals surface area (Å²) in [6.45, 7) is 3.23. The molecule has 1 amide bonds. The monoisotopic (exact) mass is 417 g/mol. The van der Waals surface area contributed by atoms with E-state index in [0.29, 0.717) is 11.3 Å². The molecule has 162 valence electrons. The standard InChI is InChI=1S/C22H27NO7/c1-11-9-14(13-5-4-6-15(10-13)21(28)23-3)7-8-16(11)29-22-19(27)17(25)18(26)20(30-22)12(2)24/h4-10,12,17-20,22,24-27H,1-3H3,(H,23,28)/t12-,17-,18+,19-,20-,22+/m1/s1. The number of ether oxygens (including phenoxy) is 2. The van der Waals surface area contributed by atoms with E-state index in [9.17, 15) is 25.2 Å². The van der Waals surface area contributed by atoms with E-state index in [2.05, 4.69) is 5.32 Å². The summed E-state index contributed by atoms with van der Waals surface area (Å²) in [7, 11) is 1.57. The quantitative estimate of drug-likeness (QED) is 0.482. The average Bonchev–Trinajstić information content (AvgIpc) is 2.74. The Morgan fingerprint density at radius 1 is 1.07 bits per heavy atom. The van der Waals surface area contributed by atoms with Crippen LogP contribution < -0.4 is 10.1 Å². The summed E-state index contributed by atoms with van der Waals surface area (Å²) in [5.41, 5.74) is 3.01. The van der Waals surface area contributed by atoms with Crippen molar-refractivity contribution >= 4 is 5.91 Å². The van der Waals surface area contributed by atoms with Crippen LogP contribution in [-0.4, -0.2) is 70.2 Å². The third kappa shape index (κ3) is 4.48. The molecule has 30 heavy (non-hydrogen) atoms. The molecule has 0 aromatic heterocycles. The highest BCUT2D eigenvalue weighted by molar-refractivity contribution is 5.95. The molecule has 0 radical (unpaired) electrons. The first kappa shape index (κ1) is 22.2. The van der Waals surface area contributed by atoms with Gasteiger partial charge in [0.05, 0.1) is 6.10 Å². The smallest absolute Gasteiger partial charge is 0.251 e. The number of hydrogen-bond donors (Lipinski definition) is 5. The fourth-order valence-corrected chi connectivity index (χ4v) is 3.44. The van der Waals surface area contributed by atoms with Gasteiger partial charge in [0.2, 0.25) is 6.29 Å². The largest absolute Gasteiger partial charge is 0.462 e. The molecule has 1 aliphatic rings. The summed E-state index contributed by atoms with van der Waals surface area (Å²) < 4.78 is 11.2. The Labute approximate surface area is 174 Å². The third-order valence-electron chi connectivity index (χ3n) is 5.19. The zero-order valence-electron chi connectivity index (χ0n) is 17.0. The van der Waals surface area contributed by atoms with Gasteiger partial charge in [-0.15, -0.1) is 0 Å². The van der Waals surface area contributed by atoms with E-state index in [0.717, 1.165) is 16.7 Å². The van der Waals surface area contributed by atoms with Gasteiger partial charge in [-0.1, -0.05) is 18.2 Å². The number of benzene rings is 2. The topological polar surface area (TPSA) is 128 Å². The molecule has 3 rings (SSSR count). The summed E-state index contributed by atoms with van der Waals surface area (Å²) in [5.74, 6) is 0.239. The van der Waals surface area contributed by atoms with Gasteiger partial charge in [0.1, 0.15) is 30.2 Å². The highest BCUT2D eigenvalue weighted by atomic mass is 16.7. The van der Waals surface area contributed by atoms with Crippen LogP contribution in [0, 0.1) is 6.92 Å². The second-order valence-corrected chi connectivity index (χ2v) is 7.44. The van der Waals surface area contributed by atoms with E-state index in [1.54, 1.807) is 37.4 Å². The molecule has 1 saturated heterocycles. The second-order valence-electron chi connectivity index (χ2n) is 7.44. The summed E-state index contributed by atoms with van der Waals surface area (Å²) in [6.07, 6.45) is -7.86. The lowest BCUT2D eigenvalue weighted by Gasteiger charge is -2.41. The number of aliphatic hydroxyl groups is 4. The number of amides is 1. The van der Waals surface area contributed by atoms with Crippen LogP contribution in [0.15, 0.2) is 42.5 Å². The number of nitrogens with one attached hydrogen (secondary N) is 1. The zero-order valence-corrected chi connectivity index (χ0v) is 17.0. The molecule has 0 unspecified atom stereocenters. The molecule has 1 aliphatic heterocycles. The van der Waals surface area contributed by atoms with Crippen molar-refractivity contribution in [3.8, 4) is 16.9 Å². The Kier molecular flexibility index (Phi) is 6.74. The molecule has 1 heterocycles. The van der Waals surface area contributed by atoms with Gasteiger partial charge in [-0.25, -0.2) is 0 Å². The van der Waals surface area contributed by atoms with E-state index in [4.69, 9.17) is 9.47 Å². The van der Waals surface area contributed by atoms with Crippen LogP contribution in [0.3, 0.4) is 0 Å². The van der Waals surface area contributed by atoms with Crippen molar-refractivity contribution in [2.24, 2.45) is 0 Å². The molecule has 2 aromatic carbocycles. The van der Waals surface area contributed by atoms with Crippen LogP contribution in [0.1, 0.15) is 22.8 Å². The van der Waals surface area contributed by atoms with Crippen molar-refractivity contribution in [2.75, 3.05) is 7.05 Å². The molecule has 2 aromatic rings. The van der Waals surface area contributed by atoms with Crippen LogP contribution in [0.25, 0.3) is 11.1 Å². The normalized spacial score (nSPS) is 27.4. The summed E-state index contributed by atoms with van der Waals surface area (Å²) >= 11 is 0. The van der Waals surface area contributed by atoms with Crippen molar-refractivity contribution in [1.29, 1.82) is 0 Å². The molecule has 1 fully saturated rings. The van der Waals surface area contributed by atoms with Gasteiger partial charge >= 0.3 is 0 Å². The Morgan fingerprint density at radius 3 is 2.40 bits per heavy atom. The molecule has 8 nitrogen and oxygen atoms in total. The SMILES string of the molecule is CNC(=O)c1cccc(-c2ccc(O[C@H]3O[C@H]([C@@H](C)O)[C@@H](O)[C@@H](O)[C@H]3O)c(C)c2)c1. The lowest BCUT2D eigenvalue weighted by Crippen LogP contribution is -2.61. The van der Waals surface area contributed by atoms with Gasteiger partial charge in [0.25, 0.3) is 5.91 Å². The Balaban J connectivity index is 1.81. The van der Waals surface area contributed by atoms with Gasteiger partial charge in [0, 0.05) is 12.6 Å². The number of carbonyl (C=O) groups excluding carboxylic acids is 1. The van der Waals surface area contributed by atoms with Crippen molar-refractivity contribution in [1.82, 2.24) is 5.32 Å². The molecular weight excluding hydrogens is 390 g/mol.